The lowest BCUT2D eigenvalue weighted by Gasteiger charge is -1.99. The molecule has 0 amide bonds. The molecule has 0 aliphatic heterocycles. The van der Waals surface area contributed by atoms with Crippen LogP contribution < -0.4 is 0 Å². The molecule has 0 aromatic heterocycles. The number of nitrogens with zero attached hydrogens (tertiary/aromatic N) is 1. The summed E-state index contributed by atoms with van der Waals surface area (Å²) in [5.74, 6) is 0. The molecule has 0 heterocycles. The molecular formula is C6H13NOSi. The number of hydrogen-bond acceptors (Lipinski definition) is 2. The third-order valence-corrected chi connectivity index (χ3v) is 3.38. The summed E-state index contributed by atoms with van der Waals surface area (Å²) in [6.45, 7) is 7.82. The normalized spacial score (nSPS) is 14.8. The number of rotatable bonds is 3. The Labute approximate surface area is 57.8 Å². The summed E-state index contributed by atoms with van der Waals surface area (Å²) < 4.78 is 0. The van der Waals surface area contributed by atoms with Gasteiger partial charge in [-0.25, -0.2) is 0 Å². The van der Waals surface area contributed by atoms with Crippen molar-refractivity contribution in [1.82, 2.24) is 0 Å². The molecule has 0 rings (SSSR count). The molecule has 0 aliphatic carbocycles. The largest absolute Gasteiger partial charge is 0.400 e. The Hall–Kier alpha value is -0.573. The highest BCUT2D eigenvalue weighted by molar-refractivity contribution is 6.93. The molecule has 0 fully saturated rings. The van der Waals surface area contributed by atoms with E-state index < -0.39 is 8.80 Å². The minimum atomic E-state index is -0.904. The van der Waals surface area contributed by atoms with Gasteiger partial charge in [-0.3, -0.25) is 0 Å². The van der Waals surface area contributed by atoms with Crippen molar-refractivity contribution >= 4 is 14.1 Å². The second kappa shape index (κ2) is 4.32. The Morgan fingerprint density at radius 2 is 2.33 bits per heavy atom. The molecule has 0 saturated heterocycles. The maximum absolute atomic E-state index is 4.60. The zero-order chi connectivity index (χ0) is 7.28. The summed E-state index contributed by atoms with van der Waals surface area (Å²) in [7, 11) is 0.659. The Bertz CT molecular complexity index is 122. The third kappa shape index (κ3) is 3.08. The van der Waals surface area contributed by atoms with E-state index >= 15 is 0 Å². The lowest BCUT2D eigenvalue weighted by Crippen LogP contribution is -2.15. The van der Waals surface area contributed by atoms with E-state index in [-0.39, 0.29) is 0 Å². The van der Waals surface area contributed by atoms with Crippen LogP contribution >= 0.6 is 0 Å². The molecule has 0 aromatic rings. The standard InChI is InChI=1S/C6H13NOSi/c1-5-9(4)6(2)7-8-3/h5,9H,1H2,2-4H3. The molecule has 3 heteroatoms. The molecule has 0 spiro atoms. The maximum Gasteiger partial charge on any atom is 0.113 e. The smallest absolute Gasteiger partial charge is 0.113 e. The van der Waals surface area contributed by atoms with Gasteiger partial charge in [0.2, 0.25) is 0 Å². The molecule has 52 valence electrons. The van der Waals surface area contributed by atoms with Crippen molar-refractivity contribution in [3.63, 3.8) is 0 Å². The van der Waals surface area contributed by atoms with Crippen LogP contribution in [0, 0.1) is 0 Å². The van der Waals surface area contributed by atoms with E-state index in [1.54, 1.807) is 7.11 Å². The predicted molar refractivity (Wildman–Crippen MR) is 43.3 cm³/mol. The number of oxime groups is 1. The van der Waals surface area contributed by atoms with Crippen LogP contribution in [0.4, 0.5) is 0 Å². The van der Waals surface area contributed by atoms with Gasteiger partial charge in [-0.2, -0.15) is 0 Å². The molecule has 2 nitrogen and oxygen atoms in total. The summed E-state index contributed by atoms with van der Waals surface area (Å²) in [5.41, 5.74) is 1.97. The van der Waals surface area contributed by atoms with E-state index in [2.05, 4.69) is 23.1 Å². The average Bonchev–Trinajstić information content (AvgIpc) is 1.87. The van der Waals surface area contributed by atoms with Crippen molar-refractivity contribution in [2.24, 2.45) is 5.16 Å². The van der Waals surface area contributed by atoms with Gasteiger partial charge in [0, 0.05) is 5.33 Å². The van der Waals surface area contributed by atoms with Gasteiger partial charge < -0.3 is 4.84 Å². The van der Waals surface area contributed by atoms with Crippen LogP contribution in [-0.2, 0) is 4.84 Å². The first kappa shape index (κ1) is 8.43. The average molecular weight is 143 g/mol. The van der Waals surface area contributed by atoms with E-state index in [9.17, 15) is 0 Å². The minimum absolute atomic E-state index is 0.904. The highest BCUT2D eigenvalue weighted by atomic mass is 28.3. The predicted octanol–water partition coefficient (Wildman–Crippen LogP) is 1.13. The van der Waals surface area contributed by atoms with Crippen LogP contribution in [0.1, 0.15) is 6.92 Å². The summed E-state index contributed by atoms with van der Waals surface area (Å²) >= 11 is 0. The summed E-state index contributed by atoms with van der Waals surface area (Å²) in [6, 6.07) is 0. The Morgan fingerprint density at radius 1 is 1.78 bits per heavy atom. The van der Waals surface area contributed by atoms with Gasteiger partial charge in [-0.05, 0) is 6.92 Å². The van der Waals surface area contributed by atoms with Crippen LogP contribution in [0.2, 0.25) is 6.55 Å². The van der Waals surface area contributed by atoms with Crippen molar-refractivity contribution in [2.45, 2.75) is 13.5 Å². The monoisotopic (exact) mass is 143 g/mol. The molecule has 0 aliphatic rings. The molecule has 0 saturated carbocycles. The SMILES string of the molecule is C=C[SiH](C)C(C)=NOC. The minimum Gasteiger partial charge on any atom is -0.400 e. The first-order chi connectivity index (χ1) is 4.22. The Kier molecular flexibility index (Phi) is 4.04. The van der Waals surface area contributed by atoms with Gasteiger partial charge in [0.1, 0.15) is 15.9 Å². The second-order valence-electron chi connectivity index (χ2n) is 1.94. The summed E-state index contributed by atoms with van der Waals surface area (Å²) in [6.07, 6.45) is 0. The van der Waals surface area contributed by atoms with E-state index in [1.165, 1.54) is 0 Å². The van der Waals surface area contributed by atoms with E-state index in [4.69, 9.17) is 0 Å². The third-order valence-electron chi connectivity index (χ3n) is 1.25. The molecule has 0 bridgehead atoms. The van der Waals surface area contributed by atoms with Gasteiger partial charge in [-0.15, -0.1) is 11.7 Å². The lowest BCUT2D eigenvalue weighted by atomic mass is 10.9. The van der Waals surface area contributed by atoms with E-state index in [1.807, 2.05) is 12.6 Å². The number of hydrogen-bond donors (Lipinski definition) is 0. The lowest BCUT2D eigenvalue weighted by molar-refractivity contribution is 0.214. The van der Waals surface area contributed by atoms with Gasteiger partial charge in [0.25, 0.3) is 0 Å². The second-order valence-corrected chi connectivity index (χ2v) is 4.82. The summed E-state index contributed by atoms with van der Waals surface area (Å²) in [5, 5.41) is 4.89. The van der Waals surface area contributed by atoms with Crippen molar-refractivity contribution in [1.29, 1.82) is 0 Å². The fraction of sp³-hybridized carbons (Fsp3) is 0.500. The van der Waals surface area contributed by atoms with Crippen LogP contribution in [-0.4, -0.2) is 21.2 Å². The molecule has 0 radical (unpaired) electrons. The highest BCUT2D eigenvalue weighted by Crippen LogP contribution is 1.87. The van der Waals surface area contributed by atoms with Gasteiger partial charge in [0.15, 0.2) is 0 Å². The fourth-order valence-corrected chi connectivity index (χ4v) is 1.01. The highest BCUT2D eigenvalue weighted by Gasteiger charge is 2.01. The van der Waals surface area contributed by atoms with Crippen molar-refractivity contribution in [2.75, 3.05) is 7.11 Å². The zero-order valence-corrected chi connectivity index (χ0v) is 7.37. The van der Waals surface area contributed by atoms with Gasteiger partial charge in [0.05, 0.1) is 0 Å². The van der Waals surface area contributed by atoms with E-state index in [0.29, 0.717) is 0 Å². The van der Waals surface area contributed by atoms with Crippen LogP contribution in [0.15, 0.2) is 17.4 Å². The zero-order valence-electron chi connectivity index (χ0n) is 6.22. The Balaban J connectivity index is 3.84. The van der Waals surface area contributed by atoms with Crippen LogP contribution in [0.25, 0.3) is 0 Å². The first-order valence-corrected chi connectivity index (χ1v) is 5.32. The molecule has 9 heavy (non-hydrogen) atoms. The summed E-state index contributed by atoms with van der Waals surface area (Å²) in [4.78, 5) is 4.60. The quantitative estimate of drug-likeness (QED) is 0.330. The van der Waals surface area contributed by atoms with Crippen molar-refractivity contribution in [3.05, 3.63) is 12.3 Å². The first-order valence-electron chi connectivity index (χ1n) is 2.92. The topological polar surface area (TPSA) is 21.6 Å². The molecular weight excluding hydrogens is 130 g/mol. The molecule has 0 N–H and O–H groups in total. The van der Waals surface area contributed by atoms with Crippen molar-refractivity contribution < 1.29 is 4.84 Å². The fourth-order valence-electron chi connectivity index (χ4n) is 0.398. The van der Waals surface area contributed by atoms with Gasteiger partial charge >= 0.3 is 0 Å². The maximum atomic E-state index is 4.60. The molecule has 1 unspecified atom stereocenters. The van der Waals surface area contributed by atoms with E-state index in [0.717, 1.165) is 5.33 Å². The molecule has 0 aromatic carbocycles. The van der Waals surface area contributed by atoms with Crippen LogP contribution in [0.3, 0.4) is 0 Å². The Morgan fingerprint density at radius 3 is 2.67 bits per heavy atom. The molecule has 1 atom stereocenters. The van der Waals surface area contributed by atoms with Crippen LogP contribution in [0.5, 0.6) is 0 Å². The van der Waals surface area contributed by atoms with Gasteiger partial charge in [-0.1, -0.05) is 12.2 Å². The van der Waals surface area contributed by atoms with Crippen molar-refractivity contribution in [3.8, 4) is 0 Å².